The summed E-state index contributed by atoms with van der Waals surface area (Å²) >= 11 is 0. The van der Waals surface area contributed by atoms with E-state index in [9.17, 15) is 4.79 Å². The van der Waals surface area contributed by atoms with Crippen LogP contribution in [0, 0.1) is 6.92 Å². The molecule has 0 aromatic heterocycles. The van der Waals surface area contributed by atoms with E-state index in [4.69, 9.17) is 9.73 Å². The lowest BCUT2D eigenvalue weighted by atomic mass is 9.87. The first kappa shape index (κ1) is 18.4. The van der Waals surface area contributed by atoms with E-state index in [2.05, 4.69) is 69.3 Å². The van der Waals surface area contributed by atoms with Crippen molar-refractivity contribution in [1.82, 2.24) is 0 Å². The molecule has 0 saturated heterocycles. The topological polar surface area (TPSA) is 38.7 Å². The maximum Gasteiger partial charge on any atom is 0.331 e. The molecule has 1 heterocycles. The highest BCUT2D eigenvalue weighted by molar-refractivity contribution is 6.04. The Hall–Kier alpha value is -2.42. The minimum atomic E-state index is -0.462. The zero-order chi connectivity index (χ0) is 18.7. The van der Waals surface area contributed by atoms with E-state index in [-0.39, 0.29) is 11.9 Å². The number of carbonyl (C=O) groups is 1. The molecular weight excluding hydrogens is 322 g/mol. The lowest BCUT2D eigenvalue weighted by molar-refractivity contribution is -0.144. The van der Waals surface area contributed by atoms with Gasteiger partial charge in [-0.25, -0.2) is 4.79 Å². The van der Waals surface area contributed by atoms with E-state index in [1.54, 1.807) is 0 Å². The molecule has 0 N–H and O–H groups in total. The van der Waals surface area contributed by atoms with Crippen LogP contribution in [0.25, 0.3) is 0 Å². The Kier molecular flexibility index (Phi) is 5.55. The first-order chi connectivity index (χ1) is 12.5. The van der Waals surface area contributed by atoms with Crippen molar-refractivity contribution in [2.24, 2.45) is 4.99 Å². The number of aryl methyl sites for hydroxylation is 1. The van der Waals surface area contributed by atoms with Crippen LogP contribution in [0.15, 0.2) is 53.5 Å². The largest absolute Gasteiger partial charge is 0.464 e. The maximum atomic E-state index is 12.5. The number of hydrogen-bond donors (Lipinski definition) is 0. The van der Waals surface area contributed by atoms with Crippen LogP contribution in [0.4, 0.5) is 0 Å². The predicted octanol–water partition coefficient (Wildman–Crippen LogP) is 5.03. The van der Waals surface area contributed by atoms with Gasteiger partial charge in [-0.1, -0.05) is 67.9 Å². The van der Waals surface area contributed by atoms with Gasteiger partial charge in [-0.3, -0.25) is 4.99 Å². The average Bonchev–Trinajstić information content (AvgIpc) is 3.08. The molecule has 1 aliphatic heterocycles. The first-order valence-corrected chi connectivity index (χ1v) is 9.39. The lowest BCUT2D eigenvalue weighted by Crippen LogP contribution is -2.25. The minimum absolute atomic E-state index is 0.0339. The summed E-state index contributed by atoms with van der Waals surface area (Å²) in [6, 6.07) is 16.5. The third-order valence-electron chi connectivity index (χ3n) is 5.03. The molecule has 0 spiro atoms. The number of nitrogens with zero attached hydrogens (tertiary/aromatic N) is 1. The molecule has 3 rings (SSSR count). The summed E-state index contributed by atoms with van der Waals surface area (Å²) in [4.78, 5) is 17.3. The molecule has 0 saturated carbocycles. The van der Waals surface area contributed by atoms with Crippen LogP contribution in [-0.4, -0.2) is 24.3 Å². The highest BCUT2D eigenvalue weighted by Crippen LogP contribution is 2.35. The van der Waals surface area contributed by atoms with Gasteiger partial charge in [0.05, 0.1) is 6.61 Å². The molecule has 3 heteroatoms. The van der Waals surface area contributed by atoms with E-state index in [1.165, 1.54) is 11.1 Å². The van der Waals surface area contributed by atoms with Gasteiger partial charge in [-0.05, 0) is 42.9 Å². The molecule has 2 aromatic carbocycles. The van der Waals surface area contributed by atoms with Crippen molar-refractivity contribution >= 4 is 11.7 Å². The molecular formula is C23H27NO2. The van der Waals surface area contributed by atoms with E-state index >= 15 is 0 Å². The van der Waals surface area contributed by atoms with Crippen molar-refractivity contribution in [1.29, 1.82) is 0 Å². The number of esters is 1. The van der Waals surface area contributed by atoms with Gasteiger partial charge in [-0.15, -0.1) is 0 Å². The highest BCUT2D eigenvalue weighted by atomic mass is 16.5. The smallest absolute Gasteiger partial charge is 0.331 e. The molecule has 0 bridgehead atoms. The Morgan fingerprint density at radius 2 is 1.77 bits per heavy atom. The summed E-state index contributed by atoms with van der Waals surface area (Å²) in [6.07, 6.45) is 0.758. The molecule has 0 amide bonds. The zero-order valence-electron chi connectivity index (χ0n) is 16.0. The van der Waals surface area contributed by atoms with Crippen molar-refractivity contribution in [3.63, 3.8) is 0 Å². The molecule has 26 heavy (non-hydrogen) atoms. The van der Waals surface area contributed by atoms with Crippen molar-refractivity contribution < 1.29 is 9.53 Å². The molecule has 136 valence electrons. The summed E-state index contributed by atoms with van der Waals surface area (Å²) in [5.41, 5.74) is 5.75. The normalized spacial score (nSPS) is 19.5. The van der Waals surface area contributed by atoms with Crippen LogP contribution < -0.4 is 0 Å². The fraction of sp³-hybridized carbons (Fsp3) is 0.391. The predicted molar refractivity (Wildman–Crippen MR) is 106 cm³/mol. The van der Waals surface area contributed by atoms with Crippen molar-refractivity contribution in [2.75, 3.05) is 6.61 Å². The fourth-order valence-electron chi connectivity index (χ4n) is 3.44. The molecule has 0 fully saturated rings. The maximum absolute atomic E-state index is 12.5. The van der Waals surface area contributed by atoms with Crippen LogP contribution in [0.1, 0.15) is 61.3 Å². The van der Waals surface area contributed by atoms with Gasteiger partial charge in [-0.2, -0.15) is 0 Å². The highest BCUT2D eigenvalue weighted by Gasteiger charge is 2.37. The standard InChI is InChI=1S/C23H27NO2/c1-5-26-23(25)22-20(18-12-10-17(11-13-18)15(2)3)14-21(24-22)19-8-6-16(4)7-9-19/h6-13,15,20,22H,5,14H2,1-4H3. The molecule has 2 unspecified atom stereocenters. The van der Waals surface area contributed by atoms with Crippen molar-refractivity contribution in [2.45, 2.75) is 52.0 Å². The number of aliphatic imine (C=N–C) groups is 1. The van der Waals surface area contributed by atoms with Crippen LogP contribution in [0.5, 0.6) is 0 Å². The van der Waals surface area contributed by atoms with Crippen molar-refractivity contribution in [3.05, 3.63) is 70.8 Å². The number of carbonyl (C=O) groups excluding carboxylic acids is 1. The average molecular weight is 349 g/mol. The summed E-state index contributed by atoms with van der Waals surface area (Å²) in [5, 5.41) is 0. The fourth-order valence-corrected chi connectivity index (χ4v) is 3.44. The van der Waals surface area contributed by atoms with Gasteiger partial charge < -0.3 is 4.74 Å². The minimum Gasteiger partial charge on any atom is -0.464 e. The SMILES string of the molecule is CCOC(=O)C1N=C(c2ccc(C)cc2)CC1c1ccc(C(C)C)cc1. The van der Waals surface area contributed by atoms with Gasteiger partial charge in [0.2, 0.25) is 0 Å². The molecule has 3 nitrogen and oxygen atoms in total. The van der Waals surface area contributed by atoms with Gasteiger partial charge in [0.25, 0.3) is 0 Å². The van der Waals surface area contributed by atoms with Gasteiger partial charge in [0, 0.05) is 11.6 Å². The Morgan fingerprint density at radius 1 is 1.12 bits per heavy atom. The quantitative estimate of drug-likeness (QED) is 0.710. The summed E-state index contributed by atoms with van der Waals surface area (Å²) in [6.45, 7) is 8.66. The van der Waals surface area contributed by atoms with Crippen LogP contribution >= 0.6 is 0 Å². The molecule has 2 atom stereocenters. The van der Waals surface area contributed by atoms with E-state index in [0.29, 0.717) is 12.5 Å². The van der Waals surface area contributed by atoms with E-state index < -0.39 is 6.04 Å². The van der Waals surface area contributed by atoms with Crippen LogP contribution in [0.2, 0.25) is 0 Å². The Bertz CT molecular complexity index is 788. The Labute approximate surface area is 156 Å². The number of rotatable bonds is 5. The monoisotopic (exact) mass is 349 g/mol. The zero-order valence-corrected chi connectivity index (χ0v) is 16.0. The lowest BCUT2D eigenvalue weighted by Gasteiger charge is -2.18. The molecule has 1 aliphatic rings. The van der Waals surface area contributed by atoms with Crippen LogP contribution in [0.3, 0.4) is 0 Å². The second-order valence-corrected chi connectivity index (χ2v) is 7.27. The summed E-state index contributed by atoms with van der Waals surface area (Å²) in [5.74, 6) is 0.298. The molecule has 0 radical (unpaired) electrons. The summed E-state index contributed by atoms with van der Waals surface area (Å²) in [7, 11) is 0. The second-order valence-electron chi connectivity index (χ2n) is 7.27. The first-order valence-electron chi connectivity index (χ1n) is 9.39. The van der Waals surface area contributed by atoms with Gasteiger partial charge in [0.1, 0.15) is 0 Å². The molecule has 0 aliphatic carbocycles. The molecule has 2 aromatic rings. The van der Waals surface area contributed by atoms with Crippen molar-refractivity contribution in [3.8, 4) is 0 Å². The Balaban J connectivity index is 1.90. The number of benzene rings is 2. The summed E-state index contributed by atoms with van der Waals surface area (Å²) < 4.78 is 5.30. The third kappa shape index (κ3) is 3.87. The van der Waals surface area contributed by atoms with Gasteiger partial charge >= 0.3 is 5.97 Å². The number of hydrogen-bond acceptors (Lipinski definition) is 3. The Morgan fingerprint density at radius 3 is 2.35 bits per heavy atom. The van der Waals surface area contributed by atoms with E-state index in [1.807, 2.05) is 6.92 Å². The number of ether oxygens (including phenoxy) is 1. The second kappa shape index (κ2) is 7.86. The van der Waals surface area contributed by atoms with Gasteiger partial charge in [0.15, 0.2) is 6.04 Å². The van der Waals surface area contributed by atoms with Crippen LogP contribution in [-0.2, 0) is 9.53 Å². The van der Waals surface area contributed by atoms with E-state index in [0.717, 1.165) is 23.3 Å². The third-order valence-corrected chi connectivity index (χ3v) is 5.03.